The Bertz CT molecular complexity index is 549. The van der Waals surface area contributed by atoms with Gasteiger partial charge in [-0.2, -0.15) is 0 Å². The zero-order valence-corrected chi connectivity index (χ0v) is 12.3. The Hall–Kier alpha value is -1.76. The summed E-state index contributed by atoms with van der Waals surface area (Å²) >= 11 is 0. The molecule has 0 bridgehead atoms. The van der Waals surface area contributed by atoms with Gasteiger partial charge >= 0.3 is 0 Å². The molecule has 2 rings (SSSR count). The van der Waals surface area contributed by atoms with Crippen LogP contribution in [0, 0.1) is 0 Å². The van der Waals surface area contributed by atoms with Gasteiger partial charge in [-0.15, -0.1) is 5.10 Å². The first-order valence-electron chi connectivity index (χ1n) is 6.88. The summed E-state index contributed by atoms with van der Waals surface area (Å²) in [7, 11) is 0. The molecule has 1 unspecified atom stereocenters. The largest absolute Gasteiger partial charge is 0.389 e. The summed E-state index contributed by atoms with van der Waals surface area (Å²) in [5.41, 5.74) is 0.502. The van der Waals surface area contributed by atoms with Crippen molar-refractivity contribution in [2.45, 2.75) is 38.7 Å². The van der Waals surface area contributed by atoms with Gasteiger partial charge in [-0.1, -0.05) is 35.5 Å². The van der Waals surface area contributed by atoms with Gasteiger partial charge in [0.2, 0.25) is 0 Å². The quantitative estimate of drug-likeness (QED) is 0.798. The molecular formula is C15H21N3O3. The maximum Gasteiger partial charge on any atom is 0.114 e. The lowest BCUT2D eigenvalue weighted by Crippen LogP contribution is -2.22. The van der Waals surface area contributed by atoms with Crippen molar-refractivity contribution >= 4 is 0 Å². The van der Waals surface area contributed by atoms with E-state index in [1.54, 1.807) is 20.0 Å². The van der Waals surface area contributed by atoms with Crippen molar-refractivity contribution < 1.29 is 14.9 Å². The maximum atomic E-state index is 9.92. The number of rotatable bonds is 7. The molecule has 0 saturated heterocycles. The Kier molecular flexibility index (Phi) is 5.06. The third kappa shape index (κ3) is 4.93. The van der Waals surface area contributed by atoms with Crippen LogP contribution in [-0.4, -0.2) is 37.9 Å². The second-order valence-corrected chi connectivity index (χ2v) is 5.54. The van der Waals surface area contributed by atoms with Crippen LogP contribution in [0.25, 0.3) is 0 Å². The molecule has 1 heterocycles. The summed E-state index contributed by atoms with van der Waals surface area (Å²) in [5, 5.41) is 27.5. The summed E-state index contributed by atoms with van der Waals surface area (Å²) in [6, 6.07) is 9.79. The topological polar surface area (TPSA) is 80.4 Å². The molecule has 1 aromatic heterocycles. The molecule has 1 aromatic carbocycles. The molecule has 2 N–H and O–H groups in total. The average Bonchev–Trinajstić information content (AvgIpc) is 2.88. The highest BCUT2D eigenvalue weighted by Crippen LogP contribution is 2.15. The molecule has 114 valence electrons. The minimum atomic E-state index is -1.03. The van der Waals surface area contributed by atoms with Crippen LogP contribution >= 0.6 is 0 Å². The Labute approximate surface area is 124 Å². The number of aliphatic hydroxyl groups excluding tert-OH is 1. The molecule has 2 aromatic rings. The molecule has 6 nitrogen and oxygen atoms in total. The van der Waals surface area contributed by atoms with Crippen LogP contribution < -0.4 is 0 Å². The number of aromatic nitrogens is 3. The minimum Gasteiger partial charge on any atom is -0.389 e. The van der Waals surface area contributed by atoms with E-state index < -0.39 is 11.7 Å². The van der Waals surface area contributed by atoms with Gasteiger partial charge in [-0.25, -0.2) is 4.68 Å². The van der Waals surface area contributed by atoms with Gasteiger partial charge in [0.25, 0.3) is 0 Å². The average molecular weight is 291 g/mol. The molecule has 6 heteroatoms. The first kappa shape index (κ1) is 15.6. The van der Waals surface area contributed by atoms with Crippen LogP contribution in [0.4, 0.5) is 0 Å². The second-order valence-electron chi connectivity index (χ2n) is 5.54. The van der Waals surface area contributed by atoms with Gasteiger partial charge < -0.3 is 14.9 Å². The molecule has 0 aliphatic carbocycles. The number of ether oxygens (including phenoxy) is 1. The summed E-state index contributed by atoms with van der Waals surface area (Å²) in [6.07, 6.45) is 0.950. The zero-order valence-electron chi connectivity index (χ0n) is 12.3. The van der Waals surface area contributed by atoms with Crippen LogP contribution in [0.1, 0.15) is 25.1 Å². The second kappa shape index (κ2) is 6.80. The summed E-state index contributed by atoms with van der Waals surface area (Å²) in [4.78, 5) is 0. The van der Waals surface area contributed by atoms with Gasteiger partial charge in [0.15, 0.2) is 0 Å². The van der Waals surface area contributed by atoms with Gasteiger partial charge in [0.1, 0.15) is 11.3 Å². The third-order valence-electron chi connectivity index (χ3n) is 2.99. The fourth-order valence-electron chi connectivity index (χ4n) is 1.82. The van der Waals surface area contributed by atoms with Crippen molar-refractivity contribution in [2.24, 2.45) is 0 Å². The van der Waals surface area contributed by atoms with Crippen LogP contribution in [0.5, 0.6) is 0 Å². The van der Waals surface area contributed by atoms with E-state index in [2.05, 4.69) is 10.3 Å². The van der Waals surface area contributed by atoms with E-state index in [0.29, 0.717) is 12.3 Å². The highest BCUT2D eigenvalue weighted by molar-refractivity contribution is 5.13. The van der Waals surface area contributed by atoms with Crippen molar-refractivity contribution in [3.8, 4) is 0 Å². The zero-order chi connectivity index (χ0) is 15.3. The van der Waals surface area contributed by atoms with Crippen molar-refractivity contribution in [1.82, 2.24) is 15.0 Å². The van der Waals surface area contributed by atoms with Gasteiger partial charge in [0, 0.05) is 0 Å². The Balaban J connectivity index is 1.77. The molecule has 0 fully saturated rings. The van der Waals surface area contributed by atoms with E-state index >= 15 is 0 Å². The molecule has 0 aliphatic rings. The normalized spacial score (nSPS) is 13.3. The van der Waals surface area contributed by atoms with E-state index in [-0.39, 0.29) is 13.2 Å². The molecule has 0 amide bonds. The highest BCUT2D eigenvalue weighted by Gasteiger charge is 2.20. The fraction of sp³-hybridized carbons (Fsp3) is 0.467. The standard InChI is InChI=1S/C15H21N3O3/c1-15(2,20)14-9-18(17-16-14)8-13(19)11-21-10-12-6-4-3-5-7-12/h3-7,9,13,19-20H,8,10-11H2,1-2H3. The Morgan fingerprint density at radius 3 is 2.62 bits per heavy atom. The SMILES string of the molecule is CC(C)(O)c1cn(CC(O)COCc2ccccc2)nn1. The van der Waals surface area contributed by atoms with Gasteiger partial charge in [-0.3, -0.25) is 0 Å². The Morgan fingerprint density at radius 2 is 2.00 bits per heavy atom. The summed E-state index contributed by atoms with van der Waals surface area (Å²) < 4.78 is 6.97. The molecule has 1 atom stereocenters. The predicted molar refractivity (Wildman–Crippen MR) is 77.4 cm³/mol. The van der Waals surface area contributed by atoms with E-state index in [1.807, 2.05) is 30.3 Å². The molecule has 21 heavy (non-hydrogen) atoms. The smallest absolute Gasteiger partial charge is 0.114 e. The van der Waals surface area contributed by atoms with Gasteiger partial charge in [-0.05, 0) is 19.4 Å². The van der Waals surface area contributed by atoms with Crippen molar-refractivity contribution in [3.63, 3.8) is 0 Å². The molecule has 0 saturated carbocycles. The minimum absolute atomic E-state index is 0.215. The van der Waals surface area contributed by atoms with Crippen molar-refractivity contribution in [1.29, 1.82) is 0 Å². The van der Waals surface area contributed by atoms with E-state index in [1.165, 1.54) is 4.68 Å². The van der Waals surface area contributed by atoms with Crippen molar-refractivity contribution in [2.75, 3.05) is 6.61 Å². The monoisotopic (exact) mass is 291 g/mol. The Morgan fingerprint density at radius 1 is 1.29 bits per heavy atom. The molecule has 0 radical (unpaired) electrons. The summed E-state index contributed by atoms with van der Waals surface area (Å²) in [6.45, 7) is 4.23. The van der Waals surface area contributed by atoms with E-state index in [4.69, 9.17) is 4.74 Å². The van der Waals surface area contributed by atoms with E-state index in [9.17, 15) is 10.2 Å². The number of hydrogen-bond donors (Lipinski definition) is 2. The van der Waals surface area contributed by atoms with E-state index in [0.717, 1.165) is 5.56 Å². The van der Waals surface area contributed by atoms with Crippen LogP contribution in [0.3, 0.4) is 0 Å². The number of aliphatic hydroxyl groups is 2. The number of hydrogen-bond acceptors (Lipinski definition) is 5. The lowest BCUT2D eigenvalue weighted by atomic mass is 10.1. The van der Waals surface area contributed by atoms with Crippen LogP contribution in [0.15, 0.2) is 36.5 Å². The summed E-state index contributed by atoms with van der Waals surface area (Å²) in [5.74, 6) is 0. The van der Waals surface area contributed by atoms with Crippen molar-refractivity contribution in [3.05, 3.63) is 47.8 Å². The van der Waals surface area contributed by atoms with Gasteiger partial charge in [0.05, 0.1) is 32.1 Å². The third-order valence-corrected chi connectivity index (χ3v) is 2.99. The lowest BCUT2D eigenvalue weighted by molar-refractivity contribution is 0.0184. The van der Waals surface area contributed by atoms with Crippen LogP contribution in [-0.2, 0) is 23.5 Å². The maximum absolute atomic E-state index is 9.92. The first-order valence-corrected chi connectivity index (χ1v) is 6.88. The molecule has 0 aliphatic heterocycles. The number of nitrogens with zero attached hydrogens (tertiary/aromatic N) is 3. The number of benzene rings is 1. The van der Waals surface area contributed by atoms with Crippen LogP contribution in [0.2, 0.25) is 0 Å². The predicted octanol–water partition coefficient (Wildman–Crippen LogP) is 1.08. The highest BCUT2D eigenvalue weighted by atomic mass is 16.5. The first-order chi connectivity index (χ1) is 9.95. The molecule has 0 spiro atoms. The molecular weight excluding hydrogens is 270 g/mol. The fourth-order valence-corrected chi connectivity index (χ4v) is 1.82. The lowest BCUT2D eigenvalue weighted by Gasteiger charge is -2.13.